The number of hydrogen-bond donors (Lipinski definition) is 0. The Balaban J connectivity index is 6.02. The molecule has 0 atom stereocenters. The quantitative estimate of drug-likeness (QED) is 0.385. The summed E-state index contributed by atoms with van der Waals surface area (Å²) < 4.78 is 0. The van der Waals surface area contributed by atoms with Gasteiger partial charge in [-0.05, 0) is 36.0 Å². The van der Waals surface area contributed by atoms with Crippen LogP contribution in [0.1, 0.15) is 55.4 Å². The zero-order valence-electron chi connectivity index (χ0n) is 12.7. The molecule has 0 aromatic carbocycles. The summed E-state index contributed by atoms with van der Waals surface area (Å²) in [5.74, 6) is 2.30. The molecule has 0 unspecified atom stereocenters. The molecule has 2 heteroatoms. The Morgan fingerprint density at radius 3 is 1.53 bits per heavy atom. The number of rotatable bonds is 5. The van der Waals surface area contributed by atoms with E-state index in [9.17, 15) is 4.79 Å². The smallest absolute Gasteiger partial charge is 0.123 e. The second kappa shape index (κ2) is 6.37. The van der Waals surface area contributed by atoms with Gasteiger partial charge in [-0.15, -0.1) is 0 Å². The Morgan fingerprint density at radius 1 is 1.00 bits per heavy atom. The molecule has 0 aromatic rings. The molecule has 0 N–H and O–H groups in total. The first-order chi connectivity index (χ1) is 7.76. The minimum atomic E-state index is -1.82. The van der Waals surface area contributed by atoms with Gasteiger partial charge in [-0.2, -0.15) is 0 Å². The molecule has 0 bridgehead atoms. The Hall–Kier alpha value is -0.593. The molecule has 0 amide bonds. The maximum atomic E-state index is 11.5. The van der Waals surface area contributed by atoms with Crippen LogP contribution in [0.25, 0.3) is 0 Å². The maximum absolute atomic E-state index is 11.5. The fourth-order valence-electron chi connectivity index (χ4n) is 3.52. The van der Waals surface area contributed by atoms with Crippen molar-refractivity contribution < 1.29 is 4.79 Å². The average molecular weight is 252 g/mol. The van der Waals surface area contributed by atoms with Crippen molar-refractivity contribution in [3.8, 4) is 0 Å². The fraction of sp³-hybridized carbons (Fsp3) is 0.733. The van der Waals surface area contributed by atoms with E-state index in [2.05, 4.69) is 60.5 Å². The van der Waals surface area contributed by atoms with Crippen molar-refractivity contribution in [3.05, 3.63) is 16.8 Å². The third kappa shape index (κ3) is 2.81. The second-order valence-electron chi connectivity index (χ2n) is 5.85. The van der Waals surface area contributed by atoms with Gasteiger partial charge in [0, 0.05) is 5.20 Å². The fourth-order valence-corrected chi connectivity index (χ4v) is 10.3. The lowest BCUT2D eigenvalue weighted by atomic mass is 10.3. The molecule has 0 heterocycles. The van der Waals surface area contributed by atoms with E-state index in [0.29, 0.717) is 16.6 Å². The summed E-state index contributed by atoms with van der Waals surface area (Å²) >= 11 is 0. The minimum absolute atomic E-state index is 0.564. The lowest BCUT2D eigenvalue weighted by Gasteiger charge is -2.43. The van der Waals surface area contributed by atoms with Gasteiger partial charge >= 0.3 is 0 Å². The summed E-state index contributed by atoms with van der Waals surface area (Å²) in [6.45, 7) is 17.7. The number of allylic oxidation sites excluding steroid dienone is 3. The topological polar surface area (TPSA) is 17.1 Å². The van der Waals surface area contributed by atoms with Crippen LogP contribution < -0.4 is 0 Å². The molecule has 0 aliphatic carbocycles. The molecular weight excluding hydrogens is 224 g/mol. The summed E-state index contributed by atoms with van der Waals surface area (Å²) in [5, 5.41) is 1.00. The molecule has 1 nitrogen and oxygen atoms in total. The van der Waals surface area contributed by atoms with Gasteiger partial charge in [-0.25, -0.2) is 4.79 Å². The predicted molar refractivity (Wildman–Crippen MR) is 79.7 cm³/mol. The summed E-state index contributed by atoms with van der Waals surface area (Å²) in [6, 6.07) is 0. The third-order valence-corrected chi connectivity index (χ3v) is 11.3. The van der Waals surface area contributed by atoms with Crippen LogP contribution in [0.5, 0.6) is 0 Å². The molecule has 0 aromatic heterocycles. The highest BCUT2D eigenvalue weighted by Gasteiger charge is 2.47. The van der Waals surface area contributed by atoms with Gasteiger partial charge in [0.1, 0.15) is 14.0 Å². The normalized spacial score (nSPS) is 13.5. The zero-order valence-corrected chi connectivity index (χ0v) is 13.7. The van der Waals surface area contributed by atoms with E-state index >= 15 is 0 Å². The van der Waals surface area contributed by atoms with Crippen LogP contribution in [0.15, 0.2) is 16.8 Å². The van der Waals surface area contributed by atoms with Crippen LogP contribution in [0.3, 0.4) is 0 Å². The number of carbonyl (C=O) groups excluding carboxylic acids is 1. The highest BCUT2D eigenvalue weighted by Crippen LogP contribution is 2.47. The van der Waals surface area contributed by atoms with Crippen LogP contribution in [0, 0.1) is 0 Å². The summed E-state index contributed by atoms with van der Waals surface area (Å²) in [5.41, 5.74) is 2.82. The average Bonchev–Trinajstić information content (AvgIpc) is 2.22. The molecule has 0 radical (unpaired) electrons. The van der Waals surface area contributed by atoms with Crippen LogP contribution >= 0.6 is 0 Å². The zero-order chi connectivity index (χ0) is 13.8. The molecule has 98 valence electrons. The van der Waals surface area contributed by atoms with E-state index in [1.54, 1.807) is 0 Å². The minimum Gasteiger partial charge on any atom is -0.234 e. The third-order valence-electron chi connectivity index (χ3n) is 4.23. The van der Waals surface area contributed by atoms with Gasteiger partial charge in [0.2, 0.25) is 0 Å². The highest BCUT2D eigenvalue weighted by molar-refractivity contribution is 6.91. The molecule has 17 heavy (non-hydrogen) atoms. The molecule has 0 spiro atoms. The highest BCUT2D eigenvalue weighted by atomic mass is 28.3. The van der Waals surface area contributed by atoms with Gasteiger partial charge in [0.25, 0.3) is 0 Å². The monoisotopic (exact) mass is 252 g/mol. The number of hydrogen-bond acceptors (Lipinski definition) is 1. The van der Waals surface area contributed by atoms with E-state index < -0.39 is 8.07 Å². The van der Waals surface area contributed by atoms with Gasteiger partial charge < -0.3 is 0 Å². The second-order valence-corrected chi connectivity index (χ2v) is 11.7. The molecule has 0 fully saturated rings. The Kier molecular flexibility index (Phi) is 6.15. The van der Waals surface area contributed by atoms with Gasteiger partial charge in [0.15, 0.2) is 0 Å². The van der Waals surface area contributed by atoms with Gasteiger partial charge in [-0.1, -0.05) is 47.6 Å². The molecule has 0 aliphatic rings. The maximum Gasteiger partial charge on any atom is 0.123 e. The van der Waals surface area contributed by atoms with Crippen molar-refractivity contribution in [2.75, 3.05) is 0 Å². The Labute approximate surface area is 108 Å². The Bertz CT molecular complexity index is 309. The summed E-state index contributed by atoms with van der Waals surface area (Å²) in [6.07, 6.45) is 2.05. The van der Waals surface area contributed by atoms with E-state index in [0.717, 1.165) is 10.8 Å². The van der Waals surface area contributed by atoms with E-state index in [4.69, 9.17) is 0 Å². The predicted octanol–water partition coefficient (Wildman–Crippen LogP) is 4.93. The first-order valence-corrected chi connectivity index (χ1v) is 8.88. The van der Waals surface area contributed by atoms with Crippen molar-refractivity contribution in [1.29, 1.82) is 0 Å². The van der Waals surface area contributed by atoms with Crippen LogP contribution in [-0.2, 0) is 4.79 Å². The van der Waals surface area contributed by atoms with Crippen LogP contribution in [-0.4, -0.2) is 14.0 Å². The van der Waals surface area contributed by atoms with Crippen LogP contribution in [0.2, 0.25) is 16.6 Å². The van der Waals surface area contributed by atoms with Crippen molar-refractivity contribution in [2.45, 2.75) is 72.0 Å². The molecule has 0 saturated carbocycles. The van der Waals surface area contributed by atoms with Crippen molar-refractivity contribution >= 4 is 14.0 Å². The molecule has 0 saturated heterocycles. The van der Waals surface area contributed by atoms with E-state index in [1.165, 1.54) is 0 Å². The Morgan fingerprint density at radius 2 is 1.35 bits per heavy atom. The standard InChI is InChI=1S/C15H28OSi/c1-9-14(8)15(10-16)17(11(2)3,12(4)5)13(6)7/h9,11-13H,1-8H3/b14-9+. The van der Waals surface area contributed by atoms with Gasteiger partial charge in [-0.3, -0.25) is 0 Å². The SMILES string of the molecule is C/C=C(\C)C(=C=O)[Si](C(C)C)(C(C)C)C(C)C. The van der Waals surface area contributed by atoms with Crippen LogP contribution in [0.4, 0.5) is 0 Å². The lowest BCUT2D eigenvalue weighted by molar-refractivity contribution is 0.568. The van der Waals surface area contributed by atoms with Crippen molar-refractivity contribution in [3.63, 3.8) is 0 Å². The molecular formula is C15H28OSi. The first-order valence-electron chi connectivity index (χ1n) is 6.65. The molecule has 0 aliphatic heterocycles. The van der Waals surface area contributed by atoms with Crippen molar-refractivity contribution in [1.82, 2.24) is 0 Å². The van der Waals surface area contributed by atoms with Crippen molar-refractivity contribution in [2.24, 2.45) is 0 Å². The summed E-state index contributed by atoms with van der Waals surface area (Å²) in [4.78, 5) is 11.5. The lowest BCUT2D eigenvalue weighted by Crippen LogP contribution is -2.47. The van der Waals surface area contributed by atoms with E-state index in [1.807, 2.05) is 6.92 Å². The first kappa shape index (κ1) is 16.4. The van der Waals surface area contributed by atoms with E-state index in [-0.39, 0.29) is 0 Å². The van der Waals surface area contributed by atoms with Gasteiger partial charge in [0.05, 0.1) is 0 Å². The largest absolute Gasteiger partial charge is 0.234 e. The summed E-state index contributed by atoms with van der Waals surface area (Å²) in [7, 11) is -1.82. The molecule has 0 rings (SSSR count).